The van der Waals surface area contributed by atoms with E-state index in [9.17, 15) is 17.1 Å². The summed E-state index contributed by atoms with van der Waals surface area (Å²) in [5.41, 5.74) is -1.38. The highest BCUT2D eigenvalue weighted by Gasteiger charge is 2.46. The van der Waals surface area contributed by atoms with Crippen LogP contribution in [0.5, 0.6) is 0 Å². The predicted octanol–water partition coefficient (Wildman–Crippen LogP) is 1.08. The van der Waals surface area contributed by atoms with Crippen molar-refractivity contribution in [1.29, 1.82) is 0 Å². The molecule has 128 valence electrons. The number of carbonyl (C=O) groups excluding carboxylic acids is 1. The van der Waals surface area contributed by atoms with Gasteiger partial charge in [0, 0.05) is 6.54 Å². The zero-order valence-corrected chi connectivity index (χ0v) is 13.8. The summed E-state index contributed by atoms with van der Waals surface area (Å²) in [7, 11) is -4.63. The van der Waals surface area contributed by atoms with E-state index >= 15 is 0 Å². The molecule has 1 spiro atoms. The Kier molecular flexibility index (Phi) is 4.70. The summed E-state index contributed by atoms with van der Waals surface area (Å²) in [6.45, 7) is 6.27. The molecule has 0 aromatic heterocycles. The van der Waals surface area contributed by atoms with E-state index in [1.807, 2.05) is 0 Å². The Morgan fingerprint density at radius 1 is 1.45 bits per heavy atom. The fourth-order valence-electron chi connectivity index (χ4n) is 2.64. The van der Waals surface area contributed by atoms with Gasteiger partial charge in [-0.15, -0.1) is 3.89 Å². The molecule has 0 aromatic rings. The average Bonchev–Trinajstić information content (AvgIpc) is 2.68. The van der Waals surface area contributed by atoms with E-state index in [-0.39, 0.29) is 19.8 Å². The maximum atomic E-state index is 12.8. The lowest BCUT2D eigenvalue weighted by molar-refractivity contribution is -0.184. The number of ether oxygens (including phenoxy) is 3. The van der Waals surface area contributed by atoms with Gasteiger partial charge in [-0.1, -0.05) is 0 Å². The summed E-state index contributed by atoms with van der Waals surface area (Å²) in [6, 6.07) is 0. The van der Waals surface area contributed by atoms with Crippen LogP contribution in [0, 0.1) is 0 Å². The Hall–Kier alpha value is -0.930. The molecule has 2 heterocycles. The van der Waals surface area contributed by atoms with Crippen LogP contribution in [0.15, 0.2) is 0 Å². The van der Waals surface area contributed by atoms with Gasteiger partial charge < -0.3 is 19.1 Å². The number of halogens is 1. The first-order chi connectivity index (χ1) is 9.98. The fraction of sp³-hybridized carbons (Fsp3) is 0.923. The third-order valence-corrected chi connectivity index (χ3v) is 4.21. The normalized spacial score (nSPS) is 29.8. The summed E-state index contributed by atoms with van der Waals surface area (Å²) in [4.78, 5) is 13.5. The maximum absolute atomic E-state index is 12.8. The molecule has 0 aliphatic carbocycles. The van der Waals surface area contributed by atoms with E-state index < -0.39 is 39.4 Å². The fourth-order valence-corrected chi connectivity index (χ4v) is 3.25. The second kappa shape index (κ2) is 5.93. The van der Waals surface area contributed by atoms with Crippen molar-refractivity contribution in [2.75, 3.05) is 32.1 Å². The average molecular weight is 339 g/mol. The Balaban J connectivity index is 1.97. The molecule has 7 nitrogen and oxygen atoms in total. The van der Waals surface area contributed by atoms with E-state index in [4.69, 9.17) is 14.2 Å². The van der Waals surface area contributed by atoms with Gasteiger partial charge in [0.1, 0.15) is 17.0 Å². The van der Waals surface area contributed by atoms with Crippen molar-refractivity contribution < 1.29 is 31.3 Å². The minimum absolute atomic E-state index is 0.0251. The Labute approximate surface area is 129 Å². The zero-order valence-electron chi connectivity index (χ0n) is 13.0. The number of likely N-dealkylation sites (tertiary alicyclic amines) is 1. The van der Waals surface area contributed by atoms with Gasteiger partial charge in [0.05, 0.1) is 25.9 Å². The minimum Gasteiger partial charge on any atom is -0.444 e. The Bertz CT molecular complexity index is 531. The number of carbonyl (C=O) groups is 1. The van der Waals surface area contributed by atoms with Gasteiger partial charge in [-0.05, 0) is 27.2 Å². The first-order valence-electron chi connectivity index (χ1n) is 7.14. The highest BCUT2D eigenvalue weighted by Crippen LogP contribution is 2.31. The number of rotatable bonds is 2. The monoisotopic (exact) mass is 339 g/mol. The lowest BCUT2D eigenvalue weighted by Gasteiger charge is -2.37. The van der Waals surface area contributed by atoms with Crippen molar-refractivity contribution in [2.24, 2.45) is 0 Å². The molecule has 0 radical (unpaired) electrons. The molecule has 0 aromatic carbocycles. The molecule has 2 aliphatic heterocycles. The lowest BCUT2D eigenvalue weighted by atomic mass is 10.0. The second-order valence-corrected chi connectivity index (χ2v) is 8.21. The van der Waals surface area contributed by atoms with Crippen LogP contribution in [-0.2, 0) is 24.4 Å². The van der Waals surface area contributed by atoms with Crippen molar-refractivity contribution in [1.82, 2.24) is 4.90 Å². The number of amides is 1. The van der Waals surface area contributed by atoms with Gasteiger partial charge in [-0.2, -0.15) is 8.42 Å². The van der Waals surface area contributed by atoms with E-state index in [0.717, 1.165) is 0 Å². The molecule has 2 fully saturated rings. The highest BCUT2D eigenvalue weighted by molar-refractivity contribution is 7.86. The van der Waals surface area contributed by atoms with Crippen molar-refractivity contribution in [3.05, 3.63) is 0 Å². The largest absolute Gasteiger partial charge is 0.444 e. The second-order valence-electron chi connectivity index (χ2n) is 6.80. The topological polar surface area (TPSA) is 82.1 Å². The van der Waals surface area contributed by atoms with E-state index in [2.05, 4.69) is 0 Å². The molecular weight excluding hydrogens is 317 g/mol. The molecule has 2 unspecified atom stereocenters. The van der Waals surface area contributed by atoms with E-state index in [1.165, 1.54) is 4.90 Å². The van der Waals surface area contributed by atoms with Crippen LogP contribution in [0.25, 0.3) is 0 Å². The number of hydrogen-bond donors (Lipinski definition) is 0. The summed E-state index contributed by atoms with van der Waals surface area (Å²) >= 11 is 0. The van der Waals surface area contributed by atoms with Gasteiger partial charge in [0.25, 0.3) is 0 Å². The van der Waals surface area contributed by atoms with E-state index in [1.54, 1.807) is 20.8 Å². The molecule has 9 heteroatoms. The maximum Gasteiger partial charge on any atom is 0.410 e. The molecule has 2 atom stereocenters. The number of hydrogen-bond acceptors (Lipinski definition) is 6. The summed E-state index contributed by atoms with van der Waals surface area (Å²) < 4.78 is 50.7. The van der Waals surface area contributed by atoms with Crippen LogP contribution in [-0.4, -0.2) is 68.8 Å². The predicted molar refractivity (Wildman–Crippen MR) is 75.7 cm³/mol. The third kappa shape index (κ3) is 4.79. The SMILES string of the molecule is CC(C)(C)OC(=O)N1CCC2(COCC(CS(=O)(=O)F)O2)C1. The molecule has 0 bridgehead atoms. The van der Waals surface area contributed by atoms with Crippen LogP contribution in [0.2, 0.25) is 0 Å². The molecule has 2 rings (SSSR count). The molecule has 2 aliphatic rings. The van der Waals surface area contributed by atoms with Crippen molar-refractivity contribution in [3.63, 3.8) is 0 Å². The quantitative estimate of drug-likeness (QED) is 0.700. The summed E-state index contributed by atoms with van der Waals surface area (Å²) in [5, 5.41) is 0. The van der Waals surface area contributed by atoms with Crippen molar-refractivity contribution in [3.8, 4) is 0 Å². The van der Waals surface area contributed by atoms with Crippen LogP contribution < -0.4 is 0 Å². The van der Waals surface area contributed by atoms with Crippen LogP contribution in [0.3, 0.4) is 0 Å². The van der Waals surface area contributed by atoms with Gasteiger partial charge in [-0.25, -0.2) is 4.79 Å². The zero-order chi connectivity index (χ0) is 16.6. The van der Waals surface area contributed by atoms with E-state index in [0.29, 0.717) is 13.0 Å². The minimum atomic E-state index is -4.63. The van der Waals surface area contributed by atoms with Crippen LogP contribution >= 0.6 is 0 Å². The molecule has 0 saturated carbocycles. The first kappa shape index (κ1) is 17.4. The molecule has 0 N–H and O–H groups in total. The summed E-state index contributed by atoms with van der Waals surface area (Å²) in [5.74, 6) is -0.735. The van der Waals surface area contributed by atoms with Gasteiger partial charge >= 0.3 is 16.3 Å². The lowest BCUT2D eigenvalue weighted by Crippen LogP contribution is -2.51. The van der Waals surface area contributed by atoms with Gasteiger partial charge in [0.15, 0.2) is 0 Å². The van der Waals surface area contributed by atoms with Crippen molar-refractivity contribution >= 4 is 16.3 Å². The molecular formula is C13H22FNO6S. The Morgan fingerprint density at radius 2 is 2.14 bits per heavy atom. The highest BCUT2D eigenvalue weighted by atomic mass is 32.3. The van der Waals surface area contributed by atoms with Crippen LogP contribution in [0.4, 0.5) is 8.68 Å². The first-order valence-corrected chi connectivity index (χ1v) is 8.69. The van der Waals surface area contributed by atoms with Crippen molar-refractivity contribution in [2.45, 2.75) is 44.5 Å². The molecule has 1 amide bonds. The van der Waals surface area contributed by atoms with Crippen LogP contribution in [0.1, 0.15) is 27.2 Å². The summed E-state index contributed by atoms with van der Waals surface area (Å²) in [6.07, 6.45) is -0.815. The Morgan fingerprint density at radius 3 is 2.73 bits per heavy atom. The van der Waals surface area contributed by atoms with Gasteiger partial charge in [-0.3, -0.25) is 0 Å². The smallest absolute Gasteiger partial charge is 0.410 e. The molecule has 2 saturated heterocycles. The number of nitrogens with zero attached hydrogens (tertiary/aromatic N) is 1. The standard InChI is InChI=1S/C13H22FNO6S/c1-12(2,3)21-11(16)15-5-4-13(8-15)9-19-6-10(20-13)7-22(14,17)18/h10H,4-9H2,1-3H3. The third-order valence-electron chi connectivity index (χ3n) is 3.44. The molecule has 22 heavy (non-hydrogen) atoms. The van der Waals surface area contributed by atoms with Gasteiger partial charge in [0.2, 0.25) is 0 Å².